The number of hydrogen-bond donors (Lipinski definition) is 2. The molecule has 1 fully saturated rings. The van der Waals surface area contributed by atoms with Crippen LogP contribution in [0.5, 0.6) is 0 Å². The molecule has 2 atom stereocenters. The number of methoxy groups -OCH3 is 1. The Kier molecular flexibility index (Phi) is 9.35. The summed E-state index contributed by atoms with van der Waals surface area (Å²) in [5, 5.41) is 3.38. The van der Waals surface area contributed by atoms with Crippen molar-refractivity contribution >= 4 is 17.0 Å². The van der Waals surface area contributed by atoms with E-state index in [2.05, 4.69) is 33.1 Å². The van der Waals surface area contributed by atoms with Crippen LogP contribution in [-0.2, 0) is 32.1 Å². The zero-order valence-corrected chi connectivity index (χ0v) is 23.1. The van der Waals surface area contributed by atoms with Crippen LogP contribution in [0.2, 0.25) is 0 Å². The van der Waals surface area contributed by atoms with Crippen LogP contribution in [0.3, 0.4) is 0 Å². The molecule has 9 heteroatoms. The number of esters is 1. The maximum Gasteiger partial charge on any atom is 0.323 e. The van der Waals surface area contributed by atoms with E-state index >= 15 is 0 Å². The Labute approximate surface area is 223 Å². The summed E-state index contributed by atoms with van der Waals surface area (Å²) in [5.74, 6) is 1.13. The lowest BCUT2D eigenvalue weighted by Gasteiger charge is -2.24. The zero-order valence-electron chi connectivity index (χ0n) is 23.1. The molecule has 1 aliphatic heterocycles. The molecule has 3 heterocycles. The first-order valence-corrected chi connectivity index (χ1v) is 13.5. The molecule has 9 nitrogen and oxygen atoms in total. The highest BCUT2D eigenvalue weighted by Crippen LogP contribution is 2.28. The van der Waals surface area contributed by atoms with E-state index < -0.39 is 6.04 Å². The van der Waals surface area contributed by atoms with Crippen molar-refractivity contribution in [3.8, 4) is 11.4 Å². The van der Waals surface area contributed by atoms with Crippen molar-refractivity contribution in [2.24, 2.45) is 11.8 Å². The molecule has 206 valence electrons. The van der Waals surface area contributed by atoms with E-state index in [1.807, 2.05) is 33.8 Å². The fourth-order valence-electron chi connectivity index (χ4n) is 4.96. The highest BCUT2D eigenvalue weighted by Gasteiger charge is 2.25. The average Bonchev–Trinajstić information content (AvgIpc) is 3.23. The number of carbonyl (C=O) groups is 1. The predicted molar refractivity (Wildman–Crippen MR) is 147 cm³/mol. The van der Waals surface area contributed by atoms with E-state index in [-0.39, 0.29) is 23.6 Å². The van der Waals surface area contributed by atoms with Crippen LogP contribution in [0, 0.1) is 18.8 Å². The van der Waals surface area contributed by atoms with Crippen LogP contribution in [0.25, 0.3) is 22.4 Å². The van der Waals surface area contributed by atoms with Crippen LogP contribution < -0.4 is 10.9 Å². The maximum atomic E-state index is 12.8. The topological polar surface area (TPSA) is 107 Å². The van der Waals surface area contributed by atoms with Gasteiger partial charge in [-0.05, 0) is 62.3 Å². The number of benzene rings is 1. The van der Waals surface area contributed by atoms with E-state index in [1.54, 1.807) is 13.3 Å². The van der Waals surface area contributed by atoms with Crippen molar-refractivity contribution in [1.29, 1.82) is 0 Å². The van der Waals surface area contributed by atoms with Crippen LogP contribution >= 0.6 is 0 Å². The highest BCUT2D eigenvalue weighted by atomic mass is 16.6. The quantitative estimate of drug-likeness (QED) is 0.367. The molecule has 0 spiro atoms. The molecule has 0 radical (unpaired) electrons. The molecule has 0 amide bonds. The van der Waals surface area contributed by atoms with Gasteiger partial charge in [0, 0.05) is 50.7 Å². The van der Waals surface area contributed by atoms with E-state index in [0.717, 1.165) is 60.6 Å². The molecule has 2 N–H and O–H groups in total. The standard InChI is InChI=1S/C29H40N4O5/c1-18(2)26(29(35)38-20(4)17-36-5)30-14-22-6-7-25-24(13-22)32-27(23-12-19(3)28(34)31-15-23)33(25)16-21-8-10-37-11-9-21/h6-7,12-13,15,18,20-21,26,30H,8-11,14,16-17H2,1-5H3,(H,31,34)/t20-,26?/m0/s1. The van der Waals surface area contributed by atoms with Crippen molar-refractivity contribution in [2.75, 3.05) is 26.9 Å². The predicted octanol–water partition coefficient (Wildman–Crippen LogP) is 3.82. The van der Waals surface area contributed by atoms with Gasteiger partial charge in [-0.2, -0.15) is 0 Å². The van der Waals surface area contributed by atoms with E-state index in [0.29, 0.717) is 24.6 Å². The van der Waals surface area contributed by atoms with Crippen molar-refractivity contribution in [2.45, 2.75) is 65.8 Å². The normalized spacial score (nSPS) is 16.2. The summed E-state index contributed by atoms with van der Waals surface area (Å²) in [6, 6.07) is 7.71. The van der Waals surface area contributed by atoms with Gasteiger partial charge in [0.05, 0.1) is 17.6 Å². The van der Waals surface area contributed by atoms with Crippen molar-refractivity contribution < 1.29 is 19.0 Å². The average molecular weight is 525 g/mol. The molecular weight excluding hydrogens is 484 g/mol. The second-order valence-electron chi connectivity index (χ2n) is 10.6. The minimum absolute atomic E-state index is 0.0646. The number of rotatable bonds is 11. The minimum Gasteiger partial charge on any atom is -0.459 e. The molecule has 0 aliphatic carbocycles. The van der Waals surface area contributed by atoms with Gasteiger partial charge in [-0.15, -0.1) is 0 Å². The van der Waals surface area contributed by atoms with Crippen LogP contribution in [0.15, 0.2) is 35.3 Å². The number of aromatic nitrogens is 3. The number of hydrogen-bond acceptors (Lipinski definition) is 7. The lowest BCUT2D eigenvalue weighted by molar-refractivity contribution is -0.154. The maximum absolute atomic E-state index is 12.8. The summed E-state index contributed by atoms with van der Waals surface area (Å²) in [6.07, 6.45) is 3.47. The molecule has 1 aromatic carbocycles. The molecule has 2 aromatic heterocycles. The highest BCUT2D eigenvalue weighted by molar-refractivity contribution is 5.81. The Morgan fingerprint density at radius 3 is 2.68 bits per heavy atom. The van der Waals surface area contributed by atoms with Crippen LogP contribution in [0.1, 0.15) is 44.7 Å². The third-order valence-corrected chi connectivity index (χ3v) is 7.11. The fourth-order valence-corrected chi connectivity index (χ4v) is 4.96. The Morgan fingerprint density at radius 2 is 2.00 bits per heavy atom. The molecular formula is C29H40N4O5. The van der Waals surface area contributed by atoms with E-state index in [1.165, 1.54) is 0 Å². The Hall–Kier alpha value is -3.01. The van der Waals surface area contributed by atoms with Crippen LogP contribution in [-0.4, -0.2) is 59.6 Å². The van der Waals surface area contributed by atoms with Gasteiger partial charge in [-0.1, -0.05) is 19.9 Å². The second kappa shape index (κ2) is 12.7. The SMILES string of the molecule is COC[C@H](C)OC(=O)C(NCc1ccc2c(c1)nc(-c1c[nH]c(=O)c(C)c1)n2CC1CCOCC1)C(C)C. The molecule has 3 aromatic rings. The molecule has 4 rings (SSSR count). The number of aromatic amines is 1. The lowest BCUT2D eigenvalue weighted by Crippen LogP contribution is -2.43. The summed E-state index contributed by atoms with van der Waals surface area (Å²) in [5.41, 5.74) is 4.41. The van der Waals surface area contributed by atoms with Gasteiger partial charge in [-0.25, -0.2) is 4.98 Å². The number of aryl methyl sites for hydroxylation is 1. The molecule has 0 bridgehead atoms. The lowest BCUT2D eigenvalue weighted by atomic mass is 10.00. The Bertz CT molecular complexity index is 1290. The number of H-pyrrole nitrogens is 1. The summed E-state index contributed by atoms with van der Waals surface area (Å²) in [4.78, 5) is 32.6. The van der Waals surface area contributed by atoms with Gasteiger partial charge in [0.2, 0.25) is 0 Å². The van der Waals surface area contributed by atoms with Gasteiger partial charge in [0.15, 0.2) is 0 Å². The minimum atomic E-state index is -0.434. The summed E-state index contributed by atoms with van der Waals surface area (Å²) in [7, 11) is 1.59. The monoisotopic (exact) mass is 524 g/mol. The Morgan fingerprint density at radius 1 is 1.24 bits per heavy atom. The van der Waals surface area contributed by atoms with Crippen molar-refractivity contribution in [3.05, 3.63) is 51.9 Å². The first kappa shape index (κ1) is 28.0. The molecule has 0 saturated carbocycles. The third-order valence-electron chi connectivity index (χ3n) is 7.11. The molecule has 38 heavy (non-hydrogen) atoms. The number of nitrogens with one attached hydrogen (secondary N) is 2. The van der Waals surface area contributed by atoms with E-state index in [9.17, 15) is 9.59 Å². The number of ether oxygens (including phenoxy) is 3. The summed E-state index contributed by atoms with van der Waals surface area (Å²) in [6.45, 7) is 10.9. The van der Waals surface area contributed by atoms with Crippen molar-refractivity contribution in [1.82, 2.24) is 19.9 Å². The molecule has 1 aliphatic rings. The number of fused-ring (bicyclic) bond motifs is 1. The Balaban J connectivity index is 1.60. The summed E-state index contributed by atoms with van der Waals surface area (Å²) >= 11 is 0. The van der Waals surface area contributed by atoms with Gasteiger partial charge < -0.3 is 29.1 Å². The largest absolute Gasteiger partial charge is 0.459 e. The van der Waals surface area contributed by atoms with Gasteiger partial charge in [0.1, 0.15) is 18.0 Å². The molecule has 1 unspecified atom stereocenters. The van der Waals surface area contributed by atoms with Crippen molar-refractivity contribution in [3.63, 3.8) is 0 Å². The smallest absolute Gasteiger partial charge is 0.323 e. The fraction of sp³-hybridized carbons (Fsp3) is 0.552. The first-order chi connectivity index (χ1) is 18.3. The number of imidazole rings is 1. The van der Waals surface area contributed by atoms with Gasteiger partial charge in [-0.3, -0.25) is 9.59 Å². The van der Waals surface area contributed by atoms with Gasteiger partial charge in [0.25, 0.3) is 5.56 Å². The summed E-state index contributed by atoms with van der Waals surface area (Å²) < 4.78 is 18.5. The number of carbonyl (C=O) groups excluding carboxylic acids is 1. The first-order valence-electron chi connectivity index (χ1n) is 13.5. The molecule has 1 saturated heterocycles. The second-order valence-corrected chi connectivity index (χ2v) is 10.6. The van der Waals surface area contributed by atoms with Gasteiger partial charge >= 0.3 is 5.97 Å². The van der Waals surface area contributed by atoms with Crippen LogP contribution in [0.4, 0.5) is 0 Å². The third kappa shape index (κ3) is 6.70. The number of pyridine rings is 1. The van der Waals surface area contributed by atoms with E-state index in [4.69, 9.17) is 19.2 Å². The number of nitrogens with zero attached hydrogens (tertiary/aromatic N) is 2. The zero-order chi connectivity index (χ0) is 27.2.